The average molecular weight is 377 g/mol. The molecular formula is C15H13F3I+. The normalized spacial score (nSPS) is 11.6. The molecule has 0 saturated heterocycles. The van der Waals surface area contributed by atoms with Gasteiger partial charge in [0.15, 0.2) is 3.57 Å². The molecule has 4 heteroatoms. The Labute approximate surface area is 120 Å². The Kier molecular flexibility index (Phi) is 4.18. The van der Waals surface area contributed by atoms with E-state index in [-0.39, 0.29) is 0 Å². The van der Waals surface area contributed by atoms with Gasteiger partial charge in [0, 0.05) is 0 Å². The number of halogens is 4. The van der Waals surface area contributed by atoms with Gasteiger partial charge in [0.05, 0.1) is 0 Å². The Hall–Kier alpha value is -1.04. The predicted molar refractivity (Wildman–Crippen MR) is 64.8 cm³/mol. The minimum atomic E-state index is -4.28. The van der Waals surface area contributed by atoms with Gasteiger partial charge in [-0.15, -0.1) is 0 Å². The smallest absolute Gasteiger partial charge is 0.166 e. The molecule has 0 atom stereocenters. The van der Waals surface area contributed by atoms with Gasteiger partial charge in [-0.1, -0.05) is 18.2 Å². The van der Waals surface area contributed by atoms with Crippen molar-refractivity contribution in [3.63, 3.8) is 0 Å². The standard InChI is InChI=1S/C15H13F3I/c1-10-8-13(15(16,17)18)14(9-11(10)2)19-12-6-4-3-5-7-12/h3-9H,1-2H3/q+1. The van der Waals surface area contributed by atoms with Gasteiger partial charge in [0.25, 0.3) is 0 Å². The highest BCUT2D eigenvalue weighted by Crippen LogP contribution is 2.30. The Bertz CT molecular complexity index is 574. The summed E-state index contributed by atoms with van der Waals surface area (Å²) < 4.78 is 40.7. The van der Waals surface area contributed by atoms with E-state index in [1.165, 1.54) is 6.07 Å². The van der Waals surface area contributed by atoms with Crippen molar-refractivity contribution in [1.82, 2.24) is 0 Å². The van der Waals surface area contributed by atoms with E-state index in [1.807, 2.05) is 37.3 Å². The zero-order valence-electron chi connectivity index (χ0n) is 10.6. The molecule has 0 amide bonds. The molecule has 0 aliphatic heterocycles. The fourth-order valence-electron chi connectivity index (χ4n) is 1.67. The third kappa shape index (κ3) is 3.49. The number of aryl methyl sites for hydroxylation is 2. The summed E-state index contributed by atoms with van der Waals surface area (Å²) in [5.41, 5.74) is 1.12. The molecular weight excluding hydrogens is 364 g/mol. The molecule has 0 nitrogen and oxygen atoms in total. The molecule has 0 spiro atoms. The lowest BCUT2D eigenvalue weighted by atomic mass is 10.1. The van der Waals surface area contributed by atoms with Crippen molar-refractivity contribution in [1.29, 1.82) is 0 Å². The van der Waals surface area contributed by atoms with Gasteiger partial charge in [0.1, 0.15) is 5.56 Å². The summed E-state index contributed by atoms with van der Waals surface area (Å²) in [6.07, 6.45) is -4.28. The van der Waals surface area contributed by atoms with Crippen LogP contribution in [-0.4, -0.2) is 0 Å². The van der Waals surface area contributed by atoms with E-state index in [2.05, 4.69) is 0 Å². The van der Waals surface area contributed by atoms with E-state index in [1.54, 1.807) is 13.0 Å². The van der Waals surface area contributed by atoms with Crippen LogP contribution >= 0.6 is 0 Å². The van der Waals surface area contributed by atoms with Crippen LogP contribution in [0.3, 0.4) is 0 Å². The highest BCUT2D eigenvalue weighted by atomic mass is 127. The van der Waals surface area contributed by atoms with Gasteiger partial charge in [0.2, 0.25) is 3.57 Å². The number of hydrogen-bond acceptors (Lipinski definition) is 0. The summed E-state index contributed by atoms with van der Waals surface area (Å²) in [6, 6.07) is 12.3. The minimum Gasteiger partial charge on any atom is -0.166 e. The molecule has 0 bridgehead atoms. The SMILES string of the molecule is Cc1cc([I+]c2ccccc2)c(C(F)(F)F)cc1C. The second-order valence-corrected chi connectivity index (χ2v) is 7.25. The second kappa shape index (κ2) is 5.53. The third-order valence-electron chi connectivity index (χ3n) is 2.83. The van der Waals surface area contributed by atoms with Crippen molar-refractivity contribution in [2.75, 3.05) is 0 Å². The maximum Gasteiger partial charge on any atom is 0.420 e. The van der Waals surface area contributed by atoms with Crippen LogP contribution in [-0.2, 0) is 6.18 Å². The number of alkyl halides is 3. The molecule has 0 radical (unpaired) electrons. The first-order chi connectivity index (χ1) is 8.88. The van der Waals surface area contributed by atoms with Crippen molar-refractivity contribution < 1.29 is 34.4 Å². The lowest BCUT2D eigenvalue weighted by Gasteiger charge is -2.09. The van der Waals surface area contributed by atoms with Crippen LogP contribution in [0.4, 0.5) is 13.2 Å². The van der Waals surface area contributed by atoms with Crippen LogP contribution in [0, 0.1) is 21.0 Å². The summed E-state index contributed by atoms with van der Waals surface area (Å²) in [6.45, 7) is 3.57. The van der Waals surface area contributed by atoms with Crippen LogP contribution in [0.2, 0.25) is 0 Å². The average Bonchev–Trinajstić information content (AvgIpc) is 2.33. The van der Waals surface area contributed by atoms with E-state index >= 15 is 0 Å². The Morgan fingerprint density at radius 1 is 0.895 bits per heavy atom. The van der Waals surface area contributed by atoms with Gasteiger partial charge < -0.3 is 0 Å². The number of benzene rings is 2. The van der Waals surface area contributed by atoms with Crippen LogP contribution in [0.15, 0.2) is 42.5 Å². The summed E-state index contributed by atoms with van der Waals surface area (Å²) in [4.78, 5) is 0. The van der Waals surface area contributed by atoms with Gasteiger partial charge in [-0.05, 0) is 49.2 Å². The third-order valence-corrected chi connectivity index (χ3v) is 5.65. The van der Waals surface area contributed by atoms with Gasteiger partial charge in [-0.3, -0.25) is 0 Å². The van der Waals surface area contributed by atoms with Crippen molar-refractivity contribution in [3.05, 3.63) is 66.3 Å². The molecule has 0 unspecified atom stereocenters. The van der Waals surface area contributed by atoms with Crippen molar-refractivity contribution in [3.8, 4) is 0 Å². The minimum absolute atomic E-state index is 0.445. The molecule has 100 valence electrons. The molecule has 2 aromatic carbocycles. The van der Waals surface area contributed by atoms with Crippen molar-refractivity contribution >= 4 is 0 Å². The summed E-state index contributed by atoms with van der Waals surface area (Å²) in [5.74, 6) is 0. The number of rotatable bonds is 2. The van der Waals surface area contributed by atoms with Crippen LogP contribution in [0.5, 0.6) is 0 Å². The predicted octanol–water partition coefficient (Wildman–Crippen LogP) is 1.45. The Balaban J connectivity index is 2.47. The second-order valence-electron chi connectivity index (χ2n) is 4.30. The lowest BCUT2D eigenvalue weighted by Crippen LogP contribution is -3.61. The Morgan fingerprint density at radius 3 is 2.05 bits per heavy atom. The first-order valence-corrected chi connectivity index (χ1v) is 7.92. The molecule has 0 aliphatic rings. The molecule has 0 heterocycles. The van der Waals surface area contributed by atoms with Crippen molar-refractivity contribution in [2.24, 2.45) is 0 Å². The molecule has 0 fully saturated rings. The van der Waals surface area contributed by atoms with Gasteiger partial charge >= 0.3 is 27.4 Å². The molecule has 2 rings (SSSR count). The zero-order chi connectivity index (χ0) is 14.0. The first-order valence-electron chi connectivity index (χ1n) is 5.76. The van der Waals surface area contributed by atoms with Crippen molar-refractivity contribution in [2.45, 2.75) is 20.0 Å². The first kappa shape index (κ1) is 14.4. The molecule has 19 heavy (non-hydrogen) atoms. The highest BCUT2D eigenvalue weighted by Gasteiger charge is 2.38. The van der Waals surface area contributed by atoms with Crippen LogP contribution < -0.4 is 21.2 Å². The fourth-order valence-corrected chi connectivity index (χ4v) is 4.49. The molecule has 2 aromatic rings. The van der Waals surface area contributed by atoms with E-state index in [4.69, 9.17) is 0 Å². The van der Waals surface area contributed by atoms with E-state index in [0.717, 1.165) is 9.13 Å². The van der Waals surface area contributed by atoms with E-state index < -0.39 is 32.9 Å². The monoisotopic (exact) mass is 377 g/mol. The highest BCUT2D eigenvalue weighted by molar-refractivity contribution is 5.31. The lowest BCUT2D eigenvalue weighted by molar-refractivity contribution is -0.599. The zero-order valence-corrected chi connectivity index (χ0v) is 12.7. The molecule has 0 aromatic heterocycles. The topological polar surface area (TPSA) is 0 Å². The number of hydrogen-bond donors (Lipinski definition) is 0. The van der Waals surface area contributed by atoms with Crippen LogP contribution in [0.1, 0.15) is 16.7 Å². The molecule has 0 N–H and O–H groups in total. The molecule has 0 saturated carbocycles. The quantitative estimate of drug-likeness (QED) is 0.696. The maximum absolute atomic E-state index is 13.1. The summed E-state index contributed by atoms with van der Waals surface area (Å²) in [7, 11) is 0. The van der Waals surface area contributed by atoms with E-state index in [0.29, 0.717) is 9.13 Å². The largest absolute Gasteiger partial charge is 0.420 e. The van der Waals surface area contributed by atoms with Gasteiger partial charge in [-0.25, -0.2) is 0 Å². The summed E-state index contributed by atoms with van der Waals surface area (Å²) >= 11 is -0.808. The molecule has 0 aliphatic carbocycles. The van der Waals surface area contributed by atoms with Crippen LogP contribution in [0.25, 0.3) is 0 Å². The van der Waals surface area contributed by atoms with Gasteiger partial charge in [-0.2, -0.15) is 13.2 Å². The maximum atomic E-state index is 13.1. The Morgan fingerprint density at radius 2 is 1.47 bits per heavy atom. The van der Waals surface area contributed by atoms with E-state index in [9.17, 15) is 13.2 Å². The fraction of sp³-hybridized carbons (Fsp3) is 0.200. The summed E-state index contributed by atoms with van der Waals surface area (Å²) in [5, 5.41) is 0.